The Morgan fingerprint density at radius 1 is 1.10 bits per heavy atom. The number of hydrogen-bond acceptors (Lipinski definition) is 1. The van der Waals surface area contributed by atoms with Crippen LogP contribution in [0.4, 0.5) is 13.2 Å². The third kappa shape index (κ3) is 2.95. The minimum absolute atomic E-state index is 0.297. The second-order valence-electron chi connectivity index (χ2n) is 4.70. The number of halogens is 4. The van der Waals surface area contributed by atoms with E-state index in [1.807, 2.05) is 24.4 Å². The standard InChI is InChI=1S/C15H10BrF3N2/c16-13-6-2-4-11-9-21(20-14(11)13)8-10-3-1-5-12(7-10)15(17,18)19/h1-7,9H,8H2. The highest BCUT2D eigenvalue weighted by Gasteiger charge is 2.30. The van der Waals surface area contributed by atoms with E-state index < -0.39 is 11.7 Å². The van der Waals surface area contributed by atoms with Gasteiger partial charge in [0.1, 0.15) is 5.52 Å². The molecule has 3 aromatic rings. The lowest BCUT2D eigenvalue weighted by molar-refractivity contribution is -0.137. The van der Waals surface area contributed by atoms with E-state index in [1.165, 1.54) is 6.07 Å². The van der Waals surface area contributed by atoms with Gasteiger partial charge in [0.15, 0.2) is 0 Å². The molecule has 0 unspecified atom stereocenters. The number of benzene rings is 2. The van der Waals surface area contributed by atoms with Crippen LogP contribution in [0, 0.1) is 0 Å². The summed E-state index contributed by atoms with van der Waals surface area (Å²) in [5.74, 6) is 0. The maximum atomic E-state index is 12.7. The number of fused-ring (bicyclic) bond motifs is 1. The van der Waals surface area contributed by atoms with Crippen molar-refractivity contribution in [2.45, 2.75) is 12.7 Å². The van der Waals surface area contributed by atoms with E-state index in [0.717, 1.165) is 27.5 Å². The van der Waals surface area contributed by atoms with Crippen molar-refractivity contribution in [3.63, 3.8) is 0 Å². The Labute approximate surface area is 127 Å². The van der Waals surface area contributed by atoms with Gasteiger partial charge >= 0.3 is 6.18 Å². The maximum Gasteiger partial charge on any atom is 0.416 e. The molecule has 0 aliphatic carbocycles. The smallest absolute Gasteiger partial charge is 0.267 e. The summed E-state index contributed by atoms with van der Waals surface area (Å²) in [5, 5.41) is 5.33. The van der Waals surface area contributed by atoms with Crippen LogP contribution in [0.25, 0.3) is 10.9 Å². The number of aromatic nitrogens is 2. The first kappa shape index (κ1) is 14.1. The summed E-state index contributed by atoms with van der Waals surface area (Å²) in [4.78, 5) is 0. The van der Waals surface area contributed by atoms with Gasteiger partial charge < -0.3 is 0 Å². The van der Waals surface area contributed by atoms with Crippen molar-refractivity contribution in [3.8, 4) is 0 Å². The lowest BCUT2D eigenvalue weighted by atomic mass is 10.1. The Morgan fingerprint density at radius 3 is 2.57 bits per heavy atom. The quantitative estimate of drug-likeness (QED) is 0.642. The Hall–Kier alpha value is -1.82. The molecule has 1 aromatic heterocycles. The molecule has 0 spiro atoms. The zero-order valence-corrected chi connectivity index (χ0v) is 12.3. The molecule has 6 heteroatoms. The van der Waals surface area contributed by atoms with Crippen molar-refractivity contribution in [1.82, 2.24) is 9.78 Å². The van der Waals surface area contributed by atoms with Gasteiger partial charge in [-0.15, -0.1) is 0 Å². The molecule has 0 aliphatic rings. The summed E-state index contributed by atoms with van der Waals surface area (Å²) < 4.78 is 40.6. The third-order valence-corrected chi connectivity index (χ3v) is 3.77. The first-order valence-corrected chi connectivity index (χ1v) is 7.00. The fourth-order valence-corrected chi connectivity index (χ4v) is 2.63. The van der Waals surface area contributed by atoms with E-state index in [9.17, 15) is 13.2 Å². The van der Waals surface area contributed by atoms with Crippen molar-refractivity contribution in [2.24, 2.45) is 0 Å². The first-order valence-electron chi connectivity index (χ1n) is 6.21. The van der Waals surface area contributed by atoms with Crippen LogP contribution in [0.5, 0.6) is 0 Å². The van der Waals surface area contributed by atoms with Crippen molar-refractivity contribution in [3.05, 3.63) is 64.3 Å². The van der Waals surface area contributed by atoms with Gasteiger partial charge in [-0.1, -0.05) is 24.3 Å². The fourth-order valence-electron chi connectivity index (χ4n) is 2.17. The van der Waals surface area contributed by atoms with Crippen LogP contribution in [0.1, 0.15) is 11.1 Å². The molecule has 0 fully saturated rings. The average molecular weight is 355 g/mol. The maximum absolute atomic E-state index is 12.7. The van der Waals surface area contributed by atoms with Crippen molar-refractivity contribution in [1.29, 1.82) is 0 Å². The van der Waals surface area contributed by atoms with Gasteiger partial charge in [-0.25, -0.2) is 0 Å². The van der Waals surface area contributed by atoms with Crippen LogP contribution >= 0.6 is 15.9 Å². The largest absolute Gasteiger partial charge is 0.416 e. The van der Waals surface area contributed by atoms with E-state index in [-0.39, 0.29) is 0 Å². The molecule has 3 rings (SSSR count). The second-order valence-corrected chi connectivity index (χ2v) is 5.56. The summed E-state index contributed by atoms with van der Waals surface area (Å²) in [7, 11) is 0. The molecule has 0 amide bonds. The zero-order chi connectivity index (χ0) is 15.0. The van der Waals surface area contributed by atoms with Crippen molar-refractivity contribution >= 4 is 26.8 Å². The van der Waals surface area contributed by atoms with Crippen LogP contribution in [0.2, 0.25) is 0 Å². The van der Waals surface area contributed by atoms with Gasteiger partial charge in [0.2, 0.25) is 0 Å². The Morgan fingerprint density at radius 2 is 1.86 bits per heavy atom. The SMILES string of the molecule is FC(F)(F)c1cccc(Cn2cc3cccc(Br)c3n2)c1. The molecule has 0 N–H and O–H groups in total. The molecule has 2 aromatic carbocycles. The summed E-state index contributed by atoms with van der Waals surface area (Å²) in [6.45, 7) is 0.297. The Bertz CT molecular complexity index is 793. The first-order chi connectivity index (χ1) is 9.93. The minimum atomic E-state index is -4.33. The van der Waals surface area contributed by atoms with Crippen LogP contribution in [0.3, 0.4) is 0 Å². The number of nitrogens with zero attached hydrogens (tertiary/aromatic N) is 2. The number of rotatable bonds is 2. The normalized spacial score (nSPS) is 12.0. The molecule has 21 heavy (non-hydrogen) atoms. The van der Waals surface area contributed by atoms with Gasteiger partial charge in [-0.05, 0) is 39.7 Å². The van der Waals surface area contributed by atoms with Gasteiger partial charge in [0.05, 0.1) is 12.1 Å². The topological polar surface area (TPSA) is 17.8 Å². The molecule has 0 bridgehead atoms. The van der Waals surface area contributed by atoms with Crippen LogP contribution in [-0.4, -0.2) is 9.78 Å². The minimum Gasteiger partial charge on any atom is -0.267 e. The molecule has 0 aliphatic heterocycles. The van der Waals surface area contributed by atoms with Crippen molar-refractivity contribution in [2.75, 3.05) is 0 Å². The van der Waals surface area contributed by atoms with Crippen LogP contribution < -0.4 is 0 Å². The van der Waals surface area contributed by atoms with E-state index >= 15 is 0 Å². The summed E-state index contributed by atoms with van der Waals surface area (Å²) >= 11 is 3.41. The van der Waals surface area contributed by atoms with Crippen LogP contribution in [-0.2, 0) is 12.7 Å². The fraction of sp³-hybridized carbons (Fsp3) is 0.133. The highest BCUT2D eigenvalue weighted by molar-refractivity contribution is 9.10. The van der Waals surface area contributed by atoms with E-state index in [1.54, 1.807) is 10.7 Å². The van der Waals surface area contributed by atoms with Gasteiger partial charge in [0.25, 0.3) is 0 Å². The number of hydrogen-bond donors (Lipinski definition) is 0. The second kappa shape index (κ2) is 5.18. The zero-order valence-electron chi connectivity index (χ0n) is 10.7. The highest BCUT2D eigenvalue weighted by Crippen LogP contribution is 2.30. The monoisotopic (exact) mass is 354 g/mol. The Balaban J connectivity index is 1.93. The van der Waals surface area contributed by atoms with Gasteiger partial charge in [-0.2, -0.15) is 18.3 Å². The van der Waals surface area contributed by atoms with E-state index in [0.29, 0.717) is 12.1 Å². The molecule has 0 radical (unpaired) electrons. The molecule has 108 valence electrons. The predicted molar refractivity (Wildman–Crippen MR) is 78.0 cm³/mol. The summed E-state index contributed by atoms with van der Waals surface area (Å²) in [5.41, 5.74) is 0.719. The Kier molecular flexibility index (Phi) is 3.49. The predicted octanol–water partition coefficient (Wildman–Crippen LogP) is 4.87. The van der Waals surface area contributed by atoms with E-state index in [2.05, 4.69) is 21.0 Å². The lowest BCUT2D eigenvalue weighted by Gasteiger charge is -2.08. The van der Waals surface area contributed by atoms with Gasteiger partial charge in [-0.3, -0.25) is 4.68 Å². The molecule has 0 atom stereocenters. The van der Waals surface area contributed by atoms with Crippen molar-refractivity contribution < 1.29 is 13.2 Å². The molecule has 0 saturated heterocycles. The average Bonchev–Trinajstić information content (AvgIpc) is 2.82. The molecule has 1 heterocycles. The van der Waals surface area contributed by atoms with E-state index in [4.69, 9.17) is 0 Å². The lowest BCUT2D eigenvalue weighted by Crippen LogP contribution is -2.07. The summed E-state index contributed by atoms with van der Waals surface area (Å²) in [6.07, 6.45) is -2.51. The molecule has 2 nitrogen and oxygen atoms in total. The van der Waals surface area contributed by atoms with Crippen LogP contribution in [0.15, 0.2) is 53.1 Å². The number of alkyl halides is 3. The highest BCUT2D eigenvalue weighted by atomic mass is 79.9. The third-order valence-electron chi connectivity index (χ3n) is 3.13. The molecule has 0 saturated carbocycles. The summed E-state index contributed by atoms with van der Waals surface area (Å²) in [6, 6.07) is 11.0. The van der Waals surface area contributed by atoms with Gasteiger partial charge in [0, 0.05) is 16.1 Å². The molecular formula is C15H10BrF3N2. The molecular weight excluding hydrogens is 345 g/mol.